The maximum absolute atomic E-state index is 12.3. The molecule has 1 aliphatic heterocycles. The van der Waals surface area contributed by atoms with E-state index < -0.39 is 11.9 Å². The average Bonchev–Trinajstić information content (AvgIpc) is 2.77. The zero-order valence-corrected chi connectivity index (χ0v) is 11.8. The van der Waals surface area contributed by atoms with Crippen molar-refractivity contribution in [2.24, 2.45) is 0 Å². The van der Waals surface area contributed by atoms with E-state index in [1.54, 1.807) is 24.3 Å². The number of nitrogens with one attached hydrogen (secondary N) is 1. The minimum atomic E-state index is -0.513. The zero-order chi connectivity index (χ0) is 15.7. The van der Waals surface area contributed by atoms with Gasteiger partial charge >= 0.3 is 5.97 Å². The second kappa shape index (κ2) is 5.40. The lowest BCUT2D eigenvalue weighted by atomic mass is 10.1. The Morgan fingerprint density at radius 1 is 1.41 bits per heavy atom. The molecule has 2 N–H and O–H groups in total. The molecule has 1 amide bonds. The van der Waals surface area contributed by atoms with E-state index in [2.05, 4.69) is 10.1 Å². The van der Waals surface area contributed by atoms with Crippen molar-refractivity contribution in [2.45, 2.75) is 6.42 Å². The smallest absolute Gasteiger partial charge is 0.337 e. The highest BCUT2D eigenvalue weighted by Gasteiger charge is 2.27. The number of anilines is 1. The molecule has 0 unspecified atom stereocenters. The molecule has 3 rings (SSSR count). The summed E-state index contributed by atoms with van der Waals surface area (Å²) in [6, 6.07) is 4.60. The highest BCUT2D eigenvalue weighted by Crippen LogP contribution is 2.34. The van der Waals surface area contributed by atoms with E-state index in [-0.39, 0.29) is 11.3 Å². The second-order valence-corrected chi connectivity index (χ2v) is 4.74. The van der Waals surface area contributed by atoms with Crippen LogP contribution in [0.4, 0.5) is 5.69 Å². The second-order valence-electron chi connectivity index (χ2n) is 4.74. The molecule has 1 heterocycles. The largest absolute Gasteiger partial charge is 0.507 e. The van der Waals surface area contributed by atoms with Crippen molar-refractivity contribution >= 4 is 17.6 Å². The number of methoxy groups -OCH3 is 1. The highest BCUT2D eigenvalue weighted by molar-refractivity contribution is 6.09. The monoisotopic (exact) mass is 299 g/mol. The van der Waals surface area contributed by atoms with E-state index in [4.69, 9.17) is 4.74 Å². The first-order valence-electron chi connectivity index (χ1n) is 6.61. The van der Waals surface area contributed by atoms with Crippen molar-refractivity contribution in [1.82, 2.24) is 0 Å². The van der Waals surface area contributed by atoms with Gasteiger partial charge in [0.15, 0.2) is 5.75 Å². The molecule has 1 aliphatic carbocycles. The number of fused-ring (bicyclic) bond motifs is 1. The Kier molecular flexibility index (Phi) is 3.42. The van der Waals surface area contributed by atoms with Crippen molar-refractivity contribution in [3.63, 3.8) is 0 Å². The predicted octanol–water partition coefficient (Wildman–Crippen LogP) is 2.46. The molecule has 0 saturated heterocycles. The number of hydrogen-bond acceptors (Lipinski definition) is 5. The van der Waals surface area contributed by atoms with Gasteiger partial charge in [-0.25, -0.2) is 4.79 Å². The van der Waals surface area contributed by atoms with Gasteiger partial charge < -0.3 is 19.9 Å². The molecular formula is C16H13NO5. The molecule has 1 aromatic carbocycles. The van der Waals surface area contributed by atoms with Crippen LogP contribution in [0.3, 0.4) is 0 Å². The van der Waals surface area contributed by atoms with Crippen LogP contribution in [0, 0.1) is 0 Å². The maximum atomic E-state index is 12.3. The lowest BCUT2D eigenvalue weighted by Crippen LogP contribution is -2.16. The third kappa shape index (κ3) is 2.35. The van der Waals surface area contributed by atoms with Crippen LogP contribution >= 0.6 is 0 Å². The van der Waals surface area contributed by atoms with Crippen LogP contribution in [0.15, 0.2) is 53.5 Å². The van der Waals surface area contributed by atoms with Crippen molar-refractivity contribution < 1.29 is 24.2 Å². The summed E-state index contributed by atoms with van der Waals surface area (Å²) in [6.45, 7) is 0. The quantitative estimate of drug-likeness (QED) is 0.778. The number of aliphatic hydroxyl groups is 1. The molecule has 0 saturated carbocycles. The van der Waals surface area contributed by atoms with Gasteiger partial charge in [-0.15, -0.1) is 0 Å². The summed E-state index contributed by atoms with van der Waals surface area (Å²) in [4.78, 5) is 23.9. The van der Waals surface area contributed by atoms with E-state index in [9.17, 15) is 14.7 Å². The third-order valence-electron chi connectivity index (χ3n) is 3.34. The first-order valence-corrected chi connectivity index (χ1v) is 6.61. The maximum Gasteiger partial charge on any atom is 0.337 e. The molecule has 6 nitrogen and oxygen atoms in total. The number of hydrogen-bond donors (Lipinski definition) is 2. The van der Waals surface area contributed by atoms with E-state index in [1.807, 2.05) is 0 Å². The van der Waals surface area contributed by atoms with Gasteiger partial charge in [0.2, 0.25) is 0 Å². The number of benzene rings is 1. The number of amides is 1. The summed E-state index contributed by atoms with van der Waals surface area (Å²) < 4.78 is 10.4. The molecule has 1 aromatic rings. The Bertz CT molecular complexity index is 758. The topological polar surface area (TPSA) is 84.9 Å². The lowest BCUT2D eigenvalue weighted by molar-refractivity contribution is -0.112. The molecule has 2 aliphatic rings. The number of rotatable bonds is 1. The SMILES string of the molecule is COC(=O)c1ccc2c(c1)NC(=O)C1=C(CC=CC=C1O)O2. The summed E-state index contributed by atoms with van der Waals surface area (Å²) >= 11 is 0. The standard InChI is InChI=1S/C16H13NO5/c1-21-16(20)9-6-7-12-10(8-9)17-15(19)14-11(18)4-2-3-5-13(14)22-12/h2-4,6-8,18H,5H2,1H3,(H,17,19). The van der Waals surface area contributed by atoms with Crippen LogP contribution in [-0.4, -0.2) is 24.1 Å². The van der Waals surface area contributed by atoms with Gasteiger partial charge in [0.05, 0.1) is 18.4 Å². The number of esters is 1. The summed E-state index contributed by atoms with van der Waals surface area (Å²) in [5, 5.41) is 12.6. The molecule has 0 bridgehead atoms. The van der Waals surface area contributed by atoms with Gasteiger partial charge in [0.1, 0.15) is 17.1 Å². The molecule has 22 heavy (non-hydrogen) atoms. The molecule has 112 valence electrons. The van der Waals surface area contributed by atoms with Gasteiger partial charge in [-0.05, 0) is 24.3 Å². The van der Waals surface area contributed by atoms with Gasteiger partial charge in [-0.2, -0.15) is 0 Å². The van der Waals surface area contributed by atoms with Crippen LogP contribution in [0.25, 0.3) is 0 Å². The lowest BCUT2D eigenvalue weighted by Gasteiger charge is -2.10. The molecular weight excluding hydrogens is 286 g/mol. The van der Waals surface area contributed by atoms with Crippen molar-refractivity contribution in [3.8, 4) is 5.75 Å². The molecule has 0 spiro atoms. The first-order chi connectivity index (χ1) is 10.6. The van der Waals surface area contributed by atoms with Gasteiger partial charge in [0.25, 0.3) is 5.91 Å². The average molecular weight is 299 g/mol. The predicted molar refractivity (Wildman–Crippen MR) is 78.5 cm³/mol. The fraction of sp³-hybridized carbons (Fsp3) is 0.125. The normalized spacial score (nSPS) is 16.4. The third-order valence-corrected chi connectivity index (χ3v) is 3.34. The van der Waals surface area contributed by atoms with Crippen molar-refractivity contribution in [2.75, 3.05) is 12.4 Å². The molecule has 0 atom stereocenters. The van der Waals surface area contributed by atoms with E-state index in [0.29, 0.717) is 29.2 Å². The number of carbonyl (C=O) groups is 2. The number of aliphatic hydroxyl groups excluding tert-OH is 1. The van der Waals surface area contributed by atoms with Crippen LogP contribution in [0.5, 0.6) is 5.75 Å². The minimum absolute atomic E-state index is 0.0841. The van der Waals surface area contributed by atoms with Gasteiger partial charge in [-0.3, -0.25) is 4.79 Å². The van der Waals surface area contributed by atoms with Crippen molar-refractivity contribution in [1.29, 1.82) is 0 Å². The van der Waals surface area contributed by atoms with Crippen LogP contribution < -0.4 is 10.1 Å². The van der Waals surface area contributed by atoms with Crippen molar-refractivity contribution in [3.05, 3.63) is 59.1 Å². The zero-order valence-electron chi connectivity index (χ0n) is 11.8. The summed E-state index contributed by atoms with van der Waals surface area (Å²) in [5.41, 5.74) is 0.723. The van der Waals surface area contributed by atoms with Gasteiger partial charge in [0, 0.05) is 6.42 Å². The van der Waals surface area contributed by atoms with Crippen LogP contribution in [0.2, 0.25) is 0 Å². The molecule has 0 radical (unpaired) electrons. The number of ether oxygens (including phenoxy) is 2. The Hall–Kier alpha value is -3.02. The summed E-state index contributed by atoms with van der Waals surface area (Å²) in [7, 11) is 1.28. The van der Waals surface area contributed by atoms with E-state index >= 15 is 0 Å². The number of allylic oxidation sites excluding steroid dienone is 3. The van der Waals surface area contributed by atoms with E-state index in [1.165, 1.54) is 19.3 Å². The Labute approximate surface area is 126 Å². The Balaban J connectivity index is 2.04. The molecule has 0 aromatic heterocycles. The summed E-state index contributed by atoms with van der Waals surface area (Å²) in [6.07, 6.45) is 5.24. The summed E-state index contributed by atoms with van der Waals surface area (Å²) in [5.74, 6) is -0.421. The Morgan fingerprint density at radius 3 is 3.00 bits per heavy atom. The fourth-order valence-corrected chi connectivity index (χ4v) is 2.28. The van der Waals surface area contributed by atoms with Crippen LogP contribution in [0.1, 0.15) is 16.8 Å². The highest BCUT2D eigenvalue weighted by atomic mass is 16.5. The number of carbonyl (C=O) groups excluding carboxylic acids is 2. The fourth-order valence-electron chi connectivity index (χ4n) is 2.28. The van der Waals surface area contributed by atoms with E-state index in [0.717, 1.165) is 0 Å². The molecule has 6 heteroatoms. The molecule has 0 fully saturated rings. The first kappa shape index (κ1) is 13.9. The minimum Gasteiger partial charge on any atom is -0.507 e. The van der Waals surface area contributed by atoms with Crippen LogP contribution in [-0.2, 0) is 9.53 Å². The Morgan fingerprint density at radius 2 is 2.23 bits per heavy atom. The van der Waals surface area contributed by atoms with Gasteiger partial charge in [-0.1, -0.05) is 12.2 Å².